The van der Waals surface area contributed by atoms with Crippen LogP contribution < -0.4 is 0 Å². The minimum absolute atomic E-state index is 0.110. The molecule has 0 atom stereocenters. The maximum absolute atomic E-state index is 14.1. The number of aryl methyl sites for hydroxylation is 1. The van der Waals surface area contributed by atoms with Crippen LogP contribution in [0.15, 0.2) is 22.8 Å². The van der Waals surface area contributed by atoms with Crippen molar-refractivity contribution in [3.05, 3.63) is 40.1 Å². The Hall–Kier alpha value is -1.05. The molecule has 0 radical (unpaired) electrons. The molecule has 23 heavy (non-hydrogen) atoms. The Labute approximate surface area is 144 Å². The molecule has 0 fully saturated rings. The van der Waals surface area contributed by atoms with E-state index >= 15 is 0 Å². The fourth-order valence-electron chi connectivity index (χ4n) is 2.12. The zero-order chi connectivity index (χ0) is 17.2. The van der Waals surface area contributed by atoms with Crippen LogP contribution in [0.25, 0.3) is 11.1 Å². The Balaban J connectivity index is 2.11. The lowest BCUT2D eigenvalue weighted by Crippen LogP contribution is -2.22. The Morgan fingerprint density at radius 2 is 1.87 bits per heavy atom. The second kappa shape index (κ2) is 7.23. The van der Waals surface area contributed by atoms with Gasteiger partial charge in [-0.2, -0.15) is 5.10 Å². The van der Waals surface area contributed by atoms with E-state index in [4.69, 9.17) is 4.74 Å². The van der Waals surface area contributed by atoms with E-state index in [1.54, 1.807) is 23.9 Å². The summed E-state index contributed by atoms with van der Waals surface area (Å²) in [7, 11) is -1.12. The first-order chi connectivity index (χ1) is 10.7. The summed E-state index contributed by atoms with van der Waals surface area (Å²) in [6, 6.07) is 4.12. The average Bonchev–Trinajstić information content (AvgIpc) is 2.81. The fraction of sp³-hybridized carbons (Fsp3) is 0.438. The predicted molar refractivity (Wildman–Crippen MR) is 94.1 cm³/mol. The quantitative estimate of drug-likeness (QED) is 0.376. The summed E-state index contributed by atoms with van der Waals surface area (Å²) in [5, 5.41) is 4.32. The molecule has 1 aromatic carbocycles. The largest absolute Gasteiger partial charge is 0.360 e. The molecule has 1 aromatic heterocycles. The summed E-state index contributed by atoms with van der Waals surface area (Å²) in [5.41, 5.74) is 1.42. The number of benzene rings is 1. The molecule has 0 spiro atoms. The van der Waals surface area contributed by atoms with E-state index in [1.807, 2.05) is 0 Å². The first-order valence-electron chi connectivity index (χ1n) is 7.45. The summed E-state index contributed by atoms with van der Waals surface area (Å²) in [4.78, 5) is 0. The van der Waals surface area contributed by atoms with Crippen molar-refractivity contribution in [1.82, 2.24) is 9.78 Å². The molecule has 3 nitrogen and oxygen atoms in total. The molecule has 1 heterocycles. The first-order valence-corrected chi connectivity index (χ1v) is 11.9. The van der Waals surface area contributed by atoms with E-state index < -0.39 is 19.7 Å². The van der Waals surface area contributed by atoms with Crippen molar-refractivity contribution in [2.45, 2.75) is 39.3 Å². The van der Waals surface area contributed by atoms with Gasteiger partial charge in [0.05, 0.1) is 10.2 Å². The molecule has 0 aliphatic carbocycles. The summed E-state index contributed by atoms with van der Waals surface area (Å²) >= 11 is 2.98. The van der Waals surface area contributed by atoms with Gasteiger partial charge in [-0.1, -0.05) is 19.6 Å². The van der Waals surface area contributed by atoms with Crippen LogP contribution in [0.5, 0.6) is 0 Å². The van der Waals surface area contributed by atoms with Crippen LogP contribution in [-0.2, 0) is 11.5 Å². The molecule has 126 valence electrons. The van der Waals surface area contributed by atoms with Crippen LogP contribution in [0.3, 0.4) is 0 Å². The van der Waals surface area contributed by atoms with Crippen LogP contribution in [0.4, 0.5) is 8.78 Å². The molecule has 7 heteroatoms. The number of hydrogen-bond donors (Lipinski definition) is 0. The molecular formula is C16H21BrF2N2OSi. The molecular weight excluding hydrogens is 382 g/mol. The highest BCUT2D eigenvalue weighted by Gasteiger charge is 2.17. The number of aromatic nitrogens is 2. The zero-order valence-electron chi connectivity index (χ0n) is 13.8. The Morgan fingerprint density at radius 1 is 1.17 bits per heavy atom. The van der Waals surface area contributed by atoms with E-state index in [1.165, 1.54) is 6.07 Å². The molecule has 0 unspecified atom stereocenters. The van der Waals surface area contributed by atoms with Gasteiger partial charge in [0.1, 0.15) is 6.73 Å². The summed E-state index contributed by atoms with van der Waals surface area (Å²) in [6.07, 6.45) is 1.69. The van der Waals surface area contributed by atoms with Gasteiger partial charge in [0.15, 0.2) is 11.6 Å². The molecule has 0 amide bonds. The lowest BCUT2D eigenvalue weighted by molar-refractivity contribution is 0.0784. The zero-order valence-corrected chi connectivity index (χ0v) is 16.4. The Kier molecular flexibility index (Phi) is 5.75. The van der Waals surface area contributed by atoms with Crippen LogP contribution in [0.1, 0.15) is 5.69 Å². The highest BCUT2D eigenvalue weighted by Crippen LogP contribution is 2.30. The van der Waals surface area contributed by atoms with Crippen molar-refractivity contribution in [3.8, 4) is 11.1 Å². The third-order valence-corrected chi connectivity index (χ3v) is 5.81. The van der Waals surface area contributed by atoms with E-state index in [0.29, 0.717) is 24.6 Å². The summed E-state index contributed by atoms with van der Waals surface area (Å²) < 4.78 is 35.2. The smallest absolute Gasteiger partial charge is 0.173 e. The number of nitrogens with zero attached hydrogens (tertiary/aromatic N) is 2. The number of hydrogen-bond acceptors (Lipinski definition) is 2. The highest BCUT2D eigenvalue weighted by atomic mass is 79.9. The number of rotatable bonds is 6. The minimum atomic E-state index is -1.12. The van der Waals surface area contributed by atoms with Crippen LogP contribution in [0, 0.1) is 18.6 Å². The van der Waals surface area contributed by atoms with Crippen molar-refractivity contribution in [3.63, 3.8) is 0 Å². The van der Waals surface area contributed by atoms with Crippen molar-refractivity contribution in [1.29, 1.82) is 0 Å². The van der Waals surface area contributed by atoms with Crippen LogP contribution in [-0.4, -0.2) is 24.5 Å². The SMILES string of the molecule is Cc1nn(COCC[Si](C)(C)C)cc1-c1ccc(Br)c(F)c1F. The summed E-state index contributed by atoms with van der Waals surface area (Å²) in [5.74, 6) is -1.76. The van der Waals surface area contributed by atoms with Crippen molar-refractivity contribution >= 4 is 24.0 Å². The molecule has 0 bridgehead atoms. The Bertz CT molecular complexity index is 698. The molecule has 2 rings (SSSR count). The lowest BCUT2D eigenvalue weighted by atomic mass is 10.1. The van der Waals surface area contributed by atoms with Gasteiger partial charge in [-0.25, -0.2) is 13.5 Å². The fourth-order valence-corrected chi connectivity index (χ4v) is 3.18. The molecule has 0 saturated carbocycles. The second-order valence-corrected chi connectivity index (χ2v) is 13.2. The van der Waals surface area contributed by atoms with Gasteiger partial charge in [0, 0.05) is 32.0 Å². The van der Waals surface area contributed by atoms with Crippen LogP contribution >= 0.6 is 15.9 Å². The first kappa shape index (κ1) is 18.3. The molecule has 0 N–H and O–H groups in total. The topological polar surface area (TPSA) is 27.1 Å². The Morgan fingerprint density at radius 3 is 2.52 bits per heavy atom. The van der Waals surface area contributed by atoms with Crippen LogP contribution in [0.2, 0.25) is 25.7 Å². The van der Waals surface area contributed by atoms with E-state index in [2.05, 4.69) is 40.7 Å². The molecule has 0 saturated heterocycles. The third-order valence-electron chi connectivity index (χ3n) is 3.49. The van der Waals surface area contributed by atoms with Crippen molar-refractivity contribution < 1.29 is 13.5 Å². The van der Waals surface area contributed by atoms with Gasteiger partial charge in [0.2, 0.25) is 0 Å². The number of halogens is 3. The second-order valence-electron chi connectivity index (χ2n) is 6.74. The normalized spacial score (nSPS) is 12.0. The van der Waals surface area contributed by atoms with Crippen molar-refractivity contribution in [2.75, 3.05) is 6.61 Å². The standard InChI is InChI=1S/C16H21BrF2N2OSi/c1-11-13(12-5-6-14(17)16(19)15(12)18)9-21(20-11)10-22-7-8-23(2,3)4/h5-6,9H,7-8,10H2,1-4H3. The van der Waals surface area contributed by atoms with Gasteiger partial charge >= 0.3 is 0 Å². The molecule has 0 aliphatic rings. The summed E-state index contributed by atoms with van der Waals surface area (Å²) in [6.45, 7) is 9.64. The predicted octanol–water partition coefficient (Wildman–Crippen LogP) is 5.21. The highest BCUT2D eigenvalue weighted by molar-refractivity contribution is 9.10. The van der Waals surface area contributed by atoms with E-state index in [-0.39, 0.29) is 10.0 Å². The van der Waals surface area contributed by atoms with E-state index in [9.17, 15) is 8.78 Å². The number of ether oxygens (including phenoxy) is 1. The average molecular weight is 403 g/mol. The van der Waals surface area contributed by atoms with Gasteiger partial charge in [0.25, 0.3) is 0 Å². The monoisotopic (exact) mass is 402 g/mol. The van der Waals surface area contributed by atoms with Gasteiger partial charge in [-0.3, -0.25) is 0 Å². The van der Waals surface area contributed by atoms with Gasteiger partial charge in [-0.15, -0.1) is 0 Å². The van der Waals surface area contributed by atoms with Gasteiger partial charge < -0.3 is 4.74 Å². The maximum Gasteiger partial charge on any atom is 0.173 e. The van der Waals surface area contributed by atoms with E-state index in [0.717, 1.165) is 6.04 Å². The molecule has 0 aliphatic heterocycles. The molecule has 2 aromatic rings. The minimum Gasteiger partial charge on any atom is -0.360 e. The maximum atomic E-state index is 14.1. The van der Waals surface area contributed by atoms with Gasteiger partial charge in [-0.05, 0) is 41.0 Å². The lowest BCUT2D eigenvalue weighted by Gasteiger charge is -2.15. The van der Waals surface area contributed by atoms with Crippen molar-refractivity contribution in [2.24, 2.45) is 0 Å². The third kappa shape index (κ3) is 4.71.